The van der Waals surface area contributed by atoms with Gasteiger partial charge in [-0.3, -0.25) is 0 Å². The number of ether oxygens (including phenoxy) is 1. The molecule has 0 saturated heterocycles. The molecule has 0 fully saturated rings. The molecule has 2 rings (SSSR count). The van der Waals surface area contributed by atoms with E-state index in [2.05, 4.69) is 0 Å². The van der Waals surface area contributed by atoms with Crippen LogP contribution < -0.4 is 10.5 Å². The lowest BCUT2D eigenvalue weighted by Crippen LogP contribution is -2.25. The zero-order valence-corrected chi connectivity index (χ0v) is 11.0. The van der Waals surface area contributed by atoms with Gasteiger partial charge in [0.15, 0.2) is 11.6 Å². The van der Waals surface area contributed by atoms with E-state index in [1.165, 1.54) is 12.0 Å². The van der Waals surface area contributed by atoms with Gasteiger partial charge in [0.05, 0.1) is 7.11 Å². The summed E-state index contributed by atoms with van der Waals surface area (Å²) in [4.78, 5) is 1.23. The predicted octanol–water partition coefficient (Wildman–Crippen LogP) is 3.01. The maximum absolute atomic E-state index is 13.9. The van der Waals surface area contributed by atoms with Gasteiger partial charge in [-0.05, 0) is 35.9 Å². The zero-order chi connectivity index (χ0) is 13.0. The summed E-state index contributed by atoms with van der Waals surface area (Å²) in [5.41, 5.74) is 6.67. The Morgan fingerprint density at radius 1 is 1.28 bits per heavy atom. The minimum absolute atomic E-state index is 0.0785. The fourth-order valence-electron chi connectivity index (χ4n) is 1.91. The van der Waals surface area contributed by atoms with Crippen LogP contribution in [0, 0.1) is 5.82 Å². The summed E-state index contributed by atoms with van der Waals surface area (Å²) in [6, 6.07) is 9.13. The van der Waals surface area contributed by atoms with Crippen molar-refractivity contribution in [1.82, 2.24) is 0 Å². The van der Waals surface area contributed by atoms with Crippen molar-refractivity contribution in [3.63, 3.8) is 0 Å². The van der Waals surface area contributed by atoms with Crippen LogP contribution in [-0.4, -0.2) is 13.2 Å². The van der Waals surface area contributed by atoms with Gasteiger partial charge in [0, 0.05) is 10.9 Å². The lowest BCUT2D eigenvalue weighted by Gasteiger charge is -2.12. The first-order valence-electron chi connectivity index (χ1n) is 5.80. The first kappa shape index (κ1) is 13.1. The first-order chi connectivity index (χ1) is 8.70. The van der Waals surface area contributed by atoms with Crippen molar-refractivity contribution in [2.24, 2.45) is 5.73 Å². The average molecular weight is 265 g/mol. The molecule has 0 spiro atoms. The minimum Gasteiger partial charge on any atom is -0.494 e. The van der Waals surface area contributed by atoms with Crippen LogP contribution >= 0.6 is 11.3 Å². The van der Waals surface area contributed by atoms with Crippen LogP contribution in [0.2, 0.25) is 0 Å². The molecule has 1 aromatic heterocycles. The molecule has 0 amide bonds. The number of nitrogens with two attached hydrogens (primary N) is 1. The Labute approximate surface area is 110 Å². The molecule has 1 atom stereocenters. The van der Waals surface area contributed by atoms with Crippen molar-refractivity contribution in [2.45, 2.75) is 18.9 Å². The average Bonchev–Trinajstić information content (AvgIpc) is 2.84. The van der Waals surface area contributed by atoms with Crippen molar-refractivity contribution in [3.8, 4) is 5.75 Å². The normalized spacial score (nSPS) is 12.4. The van der Waals surface area contributed by atoms with Gasteiger partial charge in [0.1, 0.15) is 0 Å². The number of methoxy groups -OCH3 is 1. The summed E-state index contributed by atoms with van der Waals surface area (Å²) < 4.78 is 18.9. The SMILES string of the molecule is COc1cccc(CC(N)Cc2cccs2)c1F. The highest BCUT2D eigenvalue weighted by Gasteiger charge is 2.12. The molecular formula is C14H16FNOS. The molecule has 0 aliphatic carbocycles. The summed E-state index contributed by atoms with van der Waals surface area (Å²) in [7, 11) is 1.47. The van der Waals surface area contributed by atoms with Gasteiger partial charge in [0.2, 0.25) is 0 Å². The van der Waals surface area contributed by atoms with E-state index in [1.54, 1.807) is 29.5 Å². The van der Waals surface area contributed by atoms with Crippen LogP contribution in [-0.2, 0) is 12.8 Å². The fraction of sp³-hybridized carbons (Fsp3) is 0.286. The molecule has 96 valence electrons. The van der Waals surface area contributed by atoms with E-state index in [1.807, 2.05) is 17.5 Å². The van der Waals surface area contributed by atoms with E-state index in [4.69, 9.17) is 10.5 Å². The van der Waals surface area contributed by atoms with Gasteiger partial charge in [-0.15, -0.1) is 11.3 Å². The molecule has 2 nitrogen and oxygen atoms in total. The van der Waals surface area contributed by atoms with Crippen molar-refractivity contribution >= 4 is 11.3 Å². The van der Waals surface area contributed by atoms with Crippen LogP contribution in [0.5, 0.6) is 5.75 Å². The summed E-state index contributed by atoms with van der Waals surface area (Å²) in [5, 5.41) is 2.02. The lowest BCUT2D eigenvalue weighted by atomic mass is 10.0. The third-order valence-electron chi connectivity index (χ3n) is 2.79. The molecule has 1 aromatic carbocycles. The van der Waals surface area contributed by atoms with Gasteiger partial charge >= 0.3 is 0 Å². The van der Waals surface area contributed by atoms with Crippen LogP contribution in [0.4, 0.5) is 4.39 Å². The molecule has 1 heterocycles. The maximum atomic E-state index is 13.9. The van der Waals surface area contributed by atoms with Gasteiger partial charge in [-0.2, -0.15) is 0 Å². The number of halogens is 1. The second kappa shape index (κ2) is 5.98. The lowest BCUT2D eigenvalue weighted by molar-refractivity contribution is 0.383. The van der Waals surface area contributed by atoms with Crippen LogP contribution in [0.15, 0.2) is 35.7 Å². The van der Waals surface area contributed by atoms with E-state index in [9.17, 15) is 4.39 Å². The highest BCUT2D eigenvalue weighted by Crippen LogP contribution is 2.21. The Kier molecular flexibility index (Phi) is 4.33. The summed E-state index contributed by atoms with van der Waals surface area (Å²) in [6.07, 6.45) is 1.29. The number of hydrogen-bond acceptors (Lipinski definition) is 3. The molecule has 0 radical (unpaired) electrons. The first-order valence-corrected chi connectivity index (χ1v) is 6.68. The molecule has 0 aliphatic rings. The van der Waals surface area contributed by atoms with Crippen LogP contribution in [0.1, 0.15) is 10.4 Å². The standard InChI is InChI=1S/C14H16FNOS/c1-17-13-6-2-4-10(14(13)15)8-11(16)9-12-5-3-7-18-12/h2-7,11H,8-9,16H2,1H3. The zero-order valence-electron chi connectivity index (χ0n) is 10.2. The quantitative estimate of drug-likeness (QED) is 0.902. The Bertz CT molecular complexity index is 499. The van der Waals surface area contributed by atoms with Gasteiger partial charge < -0.3 is 10.5 Å². The van der Waals surface area contributed by atoms with Crippen molar-refractivity contribution in [3.05, 3.63) is 52.0 Å². The Morgan fingerprint density at radius 2 is 2.11 bits per heavy atom. The predicted molar refractivity (Wildman–Crippen MR) is 72.7 cm³/mol. The van der Waals surface area contributed by atoms with E-state index >= 15 is 0 Å². The molecule has 4 heteroatoms. The molecule has 0 bridgehead atoms. The van der Waals surface area contributed by atoms with Gasteiger partial charge in [0.25, 0.3) is 0 Å². The topological polar surface area (TPSA) is 35.2 Å². The summed E-state index contributed by atoms with van der Waals surface area (Å²) >= 11 is 1.68. The Balaban J connectivity index is 2.05. The molecular weight excluding hydrogens is 249 g/mol. The summed E-state index contributed by atoms with van der Waals surface area (Å²) in [6.45, 7) is 0. The number of thiophene rings is 1. The van der Waals surface area contributed by atoms with E-state index in [0.717, 1.165) is 6.42 Å². The third-order valence-corrected chi connectivity index (χ3v) is 3.69. The van der Waals surface area contributed by atoms with E-state index in [0.29, 0.717) is 12.0 Å². The van der Waals surface area contributed by atoms with Crippen molar-refractivity contribution in [1.29, 1.82) is 0 Å². The molecule has 2 aromatic rings. The number of rotatable bonds is 5. The van der Waals surface area contributed by atoms with Crippen LogP contribution in [0.3, 0.4) is 0 Å². The molecule has 0 saturated carbocycles. The molecule has 2 N–H and O–H groups in total. The summed E-state index contributed by atoms with van der Waals surface area (Å²) in [5.74, 6) is -0.0301. The third kappa shape index (κ3) is 3.09. The molecule has 1 unspecified atom stereocenters. The number of benzene rings is 1. The smallest absolute Gasteiger partial charge is 0.168 e. The second-order valence-electron chi connectivity index (χ2n) is 4.18. The highest BCUT2D eigenvalue weighted by atomic mass is 32.1. The van der Waals surface area contributed by atoms with Crippen molar-refractivity contribution in [2.75, 3.05) is 7.11 Å². The number of hydrogen-bond donors (Lipinski definition) is 1. The molecule has 18 heavy (non-hydrogen) atoms. The monoisotopic (exact) mass is 265 g/mol. The van der Waals surface area contributed by atoms with E-state index in [-0.39, 0.29) is 17.6 Å². The van der Waals surface area contributed by atoms with Crippen LogP contribution in [0.25, 0.3) is 0 Å². The minimum atomic E-state index is -0.304. The van der Waals surface area contributed by atoms with E-state index < -0.39 is 0 Å². The van der Waals surface area contributed by atoms with Gasteiger partial charge in [-0.1, -0.05) is 18.2 Å². The fourth-order valence-corrected chi connectivity index (χ4v) is 2.71. The highest BCUT2D eigenvalue weighted by molar-refractivity contribution is 7.09. The maximum Gasteiger partial charge on any atom is 0.168 e. The van der Waals surface area contributed by atoms with Crippen molar-refractivity contribution < 1.29 is 9.13 Å². The Hall–Kier alpha value is -1.39. The van der Waals surface area contributed by atoms with Gasteiger partial charge in [-0.25, -0.2) is 4.39 Å². The largest absolute Gasteiger partial charge is 0.494 e. The molecule has 0 aliphatic heterocycles. The second-order valence-corrected chi connectivity index (χ2v) is 5.21. The Morgan fingerprint density at radius 3 is 2.78 bits per heavy atom.